The van der Waals surface area contributed by atoms with Crippen LogP contribution in [0.15, 0.2) is 30.3 Å². The van der Waals surface area contributed by atoms with E-state index in [2.05, 4.69) is 28.9 Å². The summed E-state index contributed by atoms with van der Waals surface area (Å²) in [5, 5.41) is 9.36. The first-order valence-electron chi connectivity index (χ1n) is 9.77. The van der Waals surface area contributed by atoms with Gasteiger partial charge in [-0.25, -0.2) is 0 Å². The normalized spacial score (nSPS) is 23.9. The van der Waals surface area contributed by atoms with Crippen molar-refractivity contribution in [3.05, 3.63) is 50.7 Å². The fraction of sp³-hybridized carbons (Fsp3) is 0.429. The second-order valence-corrected chi connectivity index (χ2v) is 9.40. The monoisotopic (exact) mass is 433 g/mol. The van der Waals surface area contributed by atoms with Gasteiger partial charge in [-0.05, 0) is 61.7 Å². The minimum Gasteiger partial charge on any atom is -0.378 e. The SMILES string of the molecule is C[C@H]1Cc2cc(NC(=O)[C@]3(NC(=O)c4ccc(Cl)s4)CCOC3)ccc2CCN1. The van der Waals surface area contributed by atoms with Crippen LogP contribution in [0.25, 0.3) is 0 Å². The van der Waals surface area contributed by atoms with E-state index in [1.54, 1.807) is 12.1 Å². The topological polar surface area (TPSA) is 79.5 Å². The number of anilines is 1. The van der Waals surface area contributed by atoms with Gasteiger partial charge in [0, 0.05) is 24.8 Å². The summed E-state index contributed by atoms with van der Waals surface area (Å²) in [6, 6.07) is 9.77. The van der Waals surface area contributed by atoms with Crippen LogP contribution in [0.4, 0.5) is 5.69 Å². The highest BCUT2D eigenvalue weighted by molar-refractivity contribution is 7.18. The molecule has 1 aromatic carbocycles. The lowest BCUT2D eigenvalue weighted by Gasteiger charge is -2.27. The molecule has 0 spiro atoms. The number of thiophene rings is 1. The summed E-state index contributed by atoms with van der Waals surface area (Å²) >= 11 is 7.12. The number of carbonyl (C=O) groups excluding carboxylic acids is 2. The van der Waals surface area contributed by atoms with Gasteiger partial charge in [0.05, 0.1) is 15.8 Å². The molecule has 0 aliphatic carbocycles. The fourth-order valence-corrected chi connectivity index (χ4v) is 4.80. The maximum absolute atomic E-state index is 13.2. The summed E-state index contributed by atoms with van der Waals surface area (Å²) in [7, 11) is 0. The molecule has 154 valence electrons. The molecule has 2 amide bonds. The van der Waals surface area contributed by atoms with E-state index in [1.807, 2.05) is 12.1 Å². The minimum absolute atomic E-state index is 0.148. The number of halogens is 1. The van der Waals surface area contributed by atoms with Crippen molar-refractivity contribution in [2.24, 2.45) is 0 Å². The van der Waals surface area contributed by atoms with Gasteiger partial charge in [-0.3, -0.25) is 9.59 Å². The van der Waals surface area contributed by atoms with Crippen molar-refractivity contribution in [2.45, 2.75) is 37.8 Å². The maximum Gasteiger partial charge on any atom is 0.262 e. The average Bonchev–Trinajstić information content (AvgIpc) is 3.29. The quantitative estimate of drug-likeness (QED) is 0.692. The lowest BCUT2D eigenvalue weighted by Crippen LogP contribution is -2.57. The van der Waals surface area contributed by atoms with Crippen molar-refractivity contribution in [1.82, 2.24) is 10.6 Å². The molecule has 0 saturated carbocycles. The van der Waals surface area contributed by atoms with Crippen LogP contribution >= 0.6 is 22.9 Å². The van der Waals surface area contributed by atoms with Crippen molar-refractivity contribution < 1.29 is 14.3 Å². The van der Waals surface area contributed by atoms with Gasteiger partial charge in [0.15, 0.2) is 0 Å². The Morgan fingerprint density at radius 1 is 1.28 bits per heavy atom. The molecule has 2 aromatic rings. The maximum atomic E-state index is 13.2. The molecule has 2 aliphatic heterocycles. The van der Waals surface area contributed by atoms with Crippen LogP contribution in [0.3, 0.4) is 0 Å². The van der Waals surface area contributed by atoms with Crippen LogP contribution < -0.4 is 16.0 Å². The summed E-state index contributed by atoms with van der Waals surface area (Å²) < 4.78 is 6.01. The Bertz CT molecular complexity index is 924. The lowest BCUT2D eigenvalue weighted by molar-refractivity contribution is -0.122. The standard InChI is InChI=1S/C21H24ClN3O3S/c1-13-10-15-11-16(3-2-14(15)6-8-23-13)24-20(27)21(7-9-28-12-21)25-19(26)17-4-5-18(22)29-17/h2-5,11,13,23H,6-10,12H2,1H3,(H,24,27)(H,25,26)/t13-,21-/m0/s1. The number of fused-ring (bicyclic) bond motifs is 1. The highest BCUT2D eigenvalue weighted by Crippen LogP contribution is 2.26. The molecule has 0 radical (unpaired) electrons. The first-order valence-corrected chi connectivity index (χ1v) is 11.0. The number of hydrogen-bond donors (Lipinski definition) is 3. The molecular formula is C21H24ClN3O3S. The molecule has 1 fully saturated rings. The molecule has 4 rings (SSSR count). The zero-order chi connectivity index (χ0) is 20.4. The summed E-state index contributed by atoms with van der Waals surface area (Å²) in [5.41, 5.74) is 2.20. The van der Waals surface area contributed by atoms with E-state index in [0.717, 1.165) is 25.1 Å². The largest absolute Gasteiger partial charge is 0.378 e. The van der Waals surface area contributed by atoms with Crippen LogP contribution in [0.5, 0.6) is 0 Å². The van der Waals surface area contributed by atoms with Crippen molar-refractivity contribution in [3.8, 4) is 0 Å². The highest BCUT2D eigenvalue weighted by atomic mass is 35.5. The first-order chi connectivity index (χ1) is 13.9. The molecule has 6 nitrogen and oxygen atoms in total. The Morgan fingerprint density at radius 3 is 2.86 bits per heavy atom. The number of carbonyl (C=O) groups is 2. The van der Waals surface area contributed by atoms with Crippen molar-refractivity contribution >= 4 is 40.4 Å². The van der Waals surface area contributed by atoms with E-state index in [9.17, 15) is 9.59 Å². The highest BCUT2D eigenvalue weighted by Gasteiger charge is 2.44. The van der Waals surface area contributed by atoms with Crippen molar-refractivity contribution in [3.63, 3.8) is 0 Å². The van der Waals surface area contributed by atoms with E-state index >= 15 is 0 Å². The van der Waals surface area contributed by atoms with E-state index in [1.165, 1.54) is 22.5 Å². The molecule has 0 unspecified atom stereocenters. The van der Waals surface area contributed by atoms with Gasteiger partial charge in [-0.15, -0.1) is 11.3 Å². The zero-order valence-electron chi connectivity index (χ0n) is 16.2. The Labute approximate surface area is 179 Å². The third kappa shape index (κ3) is 4.48. The average molecular weight is 434 g/mol. The van der Waals surface area contributed by atoms with Gasteiger partial charge in [-0.1, -0.05) is 17.7 Å². The number of rotatable bonds is 4. The molecule has 29 heavy (non-hydrogen) atoms. The molecule has 1 aromatic heterocycles. The van der Waals surface area contributed by atoms with Crippen LogP contribution in [0.1, 0.15) is 34.1 Å². The smallest absolute Gasteiger partial charge is 0.262 e. The summed E-state index contributed by atoms with van der Waals surface area (Å²) in [5.74, 6) is -0.574. The Balaban J connectivity index is 1.51. The van der Waals surface area contributed by atoms with E-state index in [4.69, 9.17) is 16.3 Å². The molecule has 2 atom stereocenters. The predicted octanol–water partition coefficient (Wildman–Crippen LogP) is 3.01. The summed E-state index contributed by atoms with van der Waals surface area (Å²) in [6.45, 7) is 3.69. The van der Waals surface area contributed by atoms with Gasteiger partial charge in [0.25, 0.3) is 11.8 Å². The molecule has 0 bridgehead atoms. The van der Waals surface area contributed by atoms with Crippen LogP contribution in [-0.2, 0) is 22.4 Å². The van der Waals surface area contributed by atoms with Crippen LogP contribution in [0, 0.1) is 0 Å². The fourth-order valence-electron chi connectivity index (χ4n) is 3.86. The molecule has 3 N–H and O–H groups in total. The number of hydrogen-bond acceptors (Lipinski definition) is 5. The minimum atomic E-state index is -1.09. The van der Waals surface area contributed by atoms with Gasteiger partial charge in [0.1, 0.15) is 5.54 Å². The van der Waals surface area contributed by atoms with Gasteiger partial charge in [-0.2, -0.15) is 0 Å². The van der Waals surface area contributed by atoms with Crippen LogP contribution in [-0.4, -0.2) is 43.2 Å². The van der Waals surface area contributed by atoms with Gasteiger partial charge >= 0.3 is 0 Å². The number of nitrogens with one attached hydrogen (secondary N) is 3. The second kappa shape index (κ2) is 8.44. The second-order valence-electron chi connectivity index (χ2n) is 7.69. The third-order valence-electron chi connectivity index (χ3n) is 5.48. The first kappa shape index (κ1) is 20.3. The Kier molecular flexibility index (Phi) is 5.92. The van der Waals surface area contributed by atoms with E-state index in [-0.39, 0.29) is 18.4 Å². The Morgan fingerprint density at radius 2 is 2.14 bits per heavy atom. The van der Waals surface area contributed by atoms with Crippen LogP contribution in [0.2, 0.25) is 4.34 Å². The van der Waals surface area contributed by atoms with Gasteiger partial charge in [0.2, 0.25) is 0 Å². The number of amides is 2. The van der Waals surface area contributed by atoms with Gasteiger partial charge < -0.3 is 20.7 Å². The zero-order valence-corrected chi connectivity index (χ0v) is 17.8. The van der Waals surface area contributed by atoms with Crippen molar-refractivity contribution in [1.29, 1.82) is 0 Å². The summed E-state index contributed by atoms with van der Waals surface area (Å²) in [6.07, 6.45) is 2.32. The molecule has 3 heterocycles. The predicted molar refractivity (Wildman–Crippen MR) is 115 cm³/mol. The summed E-state index contributed by atoms with van der Waals surface area (Å²) in [4.78, 5) is 26.3. The molecule has 1 saturated heterocycles. The number of benzene rings is 1. The third-order valence-corrected chi connectivity index (χ3v) is 6.71. The Hall–Kier alpha value is -1.93. The van der Waals surface area contributed by atoms with Crippen molar-refractivity contribution in [2.75, 3.05) is 25.1 Å². The lowest BCUT2D eigenvalue weighted by atomic mass is 9.96. The van der Waals surface area contributed by atoms with E-state index in [0.29, 0.717) is 28.3 Å². The molecule has 8 heteroatoms. The number of ether oxygens (including phenoxy) is 1. The molecule has 2 aliphatic rings. The van der Waals surface area contributed by atoms with E-state index < -0.39 is 5.54 Å². The molecular weight excluding hydrogens is 410 g/mol.